The van der Waals surface area contributed by atoms with E-state index in [0.717, 1.165) is 17.7 Å². The van der Waals surface area contributed by atoms with Crippen LogP contribution in [0.5, 0.6) is 0 Å². The molecule has 0 radical (unpaired) electrons. The fourth-order valence-corrected chi connectivity index (χ4v) is 5.15. The highest BCUT2D eigenvalue weighted by atomic mass is 35.5. The van der Waals surface area contributed by atoms with Crippen LogP contribution in [0.4, 0.5) is 4.39 Å². The summed E-state index contributed by atoms with van der Waals surface area (Å²) in [5.74, 6) is -1.000. The van der Waals surface area contributed by atoms with E-state index in [9.17, 15) is 17.6 Å². The minimum absolute atomic E-state index is 0.0364. The molecule has 1 aliphatic rings. The summed E-state index contributed by atoms with van der Waals surface area (Å²) < 4.78 is 40.1. The summed E-state index contributed by atoms with van der Waals surface area (Å²) in [6, 6.07) is 12.0. The number of hydrogen-bond acceptors (Lipinski definition) is 3. The molecule has 2 aromatic carbocycles. The van der Waals surface area contributed by atoms with Crippen molar-refractivity contribution in [3.05, 3.63) is 64.9 Å². The maximum absolute atomic E-state index is 13.1. The van der Waals surface area contributed by atoms with Gasteiger partial charge in [-0.2, -0.15) is 4.31 Å². The van der Waals surface area contributed by atoms with Gasteiger partial charge in [0, 0.05) is 31.7 Å². The van der Waals surface area contributed by atoms with Crippen molar-refractivity contribution in [3.8, 4) is 0 Å². The quantitative estimate of drug-likeness (QED) is 0.737. The molecule has 1 aliphatic heterocycles. The second-order valence-corrected chi connectivity index (χ2v) is 9.35. The van der Waals surface area contributed by atoms with Gasteiger partial charge in [0.2, 0.25) is 15.9 Å². The Morgan fingerprint density at radius 3 is 2.64 bits per heavy atom. The molecule has 8 heteroatoms. The Kier molecular flexibility index (Phi) is 6.37. The molecule has 3 rings (SSSR count). The summed E-state index contributed by atoms with van der Waals surface area (Å²) >= 11 is 5.99. The van der Waals surface area contributed by atoms with E-state index in [-0.39, 0.29) is 17.3 Å². The smallest absolute Gasteiger partial charge is 0.243 e. The normalized spacial score (nSPS) is 18.0. The molecule has 0 aliphatic carbocycles. The van der Waals surface area contributed by atoms with Crippen LogP contribution in [-0.2, 0) is 21.4 Å². The molecular formula is C20H22ClFN2O3S. The van der Waals surface area contributed by atoms with Crippen LogP contribution in [-0.4, -0.2) is 43.7 Å². The van der Waals surface area contributed by atoms with Crippen molar-refractivity contribution in [1.29, 1.82) is 0 Å². The van der Waals surface area contributed by atoms with Gasteiger partial charge >= 0.3 is 0 Å². The summed E-state index contributed by atoms with van der Waals surface area (Å²) in [5, 5.41) is 0.604. The largest absolute Gasteiger partial charge is 0.341 e. The average Bonchev–Trinajstić information content (AvgIpc) is 2.68. The van der Waals surface area contributed by atoms with Gasteiger partial charge < -0.3 is 4.90 Å². The topological polar surface area (TPSA) is 57.7 Å². The molecule has 0 N–H and O–H groups in total. The summed E-state index contributed by atoms with van der Waals surface area (Å²) in [5.41, 5.74) is 0.912. The molecule has 28 heavy (non-hydrogen) atoms. The van der Waals surface area contributed by atoms with Crippen molar-refractivity contribution in [2.45, 2.75) is 24.3 Å². The van der Waals surface area contributed by atoms with Crippen LogP contribution in [0, 0.1) is 11.7 Å². The molecule has 0 saturated carbocycles. The van der Waals surface area contributed by atoms with Gasteiger partial charge in [-0.15, -0.1) is 0 Å². The molecule has 1 atom stereocenters. The third-order valence-corrected chi connectivity index (χ3v) is 6.98. The standard InChI is InChI=1S/C20H22ClFN2O3S/c1-23(13-15-4-2-6-17(21)12-15)20(25)16-5-3-11-24(14-16)28(26,27)19-9-7-18(22)8-10-19/h2,4,6-10,12,16H,3,5,11,13-14H2,1H3. The van der Waals surface area contributed by atoms with Gasteiger partial charge in [0.1, 0.15) is 5.82 Å². The number of hydrogen-bond donors (Lipinski definition) is 0. The van der Waals surface area contributed by atoms with E-state index in [1.54, 1.807) is 24.1 Å². The van der Waals surface area contributed by atoms with Crippen LogP contribution in [0.15, 0.2) is 53.4 Å². The summed E-state index contributed by atoms with van der Waals surface area (Å²) in [6.07, 6.45) is 1.23. The number of carbonyl (C=O) groups is 1. The number of carbonyl (C=O) groups excluding carboxylic acids is 1. The van der Waals surface area contributed by atoms with Gasteiger partial charge in [0.05, 0.1) is 10.8 Å². The van der Waals surface area contributed by atoms with Gasteiger partial charge in [0.15, 0.2) is 0 Å². The van der Waals surface area contributed by atoms with Crippen molar-refractivity contribution in [2.75, 3.05) is 20.1 Å². The predicted octanol–water partition coefficient (Wildman–Crippen LogP) is 3.54. The summed E-state index contributed by atoms with van der Waals surface area (Å²) in [7, 11) is -2.05. The number of sulfonamides is 1. The molecule has 1 amide bonds. The first-order chi connectivity index (χ1) is 13.3. The molecule has 1 heterocycles. The zero-order valence-electron chi connectivity index (χ0n) is 15.5. The maximum Gasteiger partial charge on any atom is 0.243 e. The third-order valence-electron chi connectivity index (χ3n) is 4.87. The molecule has 1 unspecified atom stereocenters. The third kappa shape index (κ3) is 4.71. The van der Waals surface area contributed by atoms with Crippen molar-refractivity contribution in [2.24, 2.45) is 5.92 Å². The molecule has 0 spiro atoms. The van der Waals surface area contributed by atoms with Gasteiger partial charge in [0.25, 0.3) is 0 Å². The van der Waals surface area contributed by atoms with Crippen molar-refractivity contribution >= 4 is 27.5 Å². The Morgan fingerprint density at radius 1 is 1.25 bits per heavy atom. The van der Waals surface area contributed by atoms with Crippen LogP contribution >= 0.6 is 11.6 Å². The number of halogens is 2. The van der Waals surface area contributed by atoms with E-state index in [2.05, 4.69) is 0 Å². The first kappa shape index (κ1) is 20.8. The first-order valence-corrected chi connectivity index (χ1v) is 10.8. The zero-order valence-corrected chi connectivity index (χ0v) is 17.1. The molecule has 2 aromatic rings. The average molecular weight is 425 g/mol. The molecule has 1 fully saturated rings. The molecule has 1 saturated heterocycles. The van der Waals surface area contributed by atoms with E-state index in [1.807, 2.05) is 12.1 Å². The lowest BCUT2D eigenvalue weighted by Crippen LogP contribution is -2.45. The number of amides is 1. The summed E-state index contributed by atoms with van der Waals surface area (Å²) in [6.45, 7) is 0.876. The van der Waals surface area contributed by atoms with E-state index in [1.165, 1.54) is 16.4 Å². The fraction of sp³-hybridized carbons (Fsp3) is 0.350. The molecular weight excluding hydrogens is 403 g/mol. The van der Waals surface area contributed by atoms with Crippen LogP contribution in [0.2, 0.25) is 5.02 Å². The zero-order chi connectivity index (χ0) is 20.3. The van der Waals surface area contributed by atoms with Crippen LogP contribution < -0.4 is 0 Å². The van der Waals surface area contributed by atoms with Crippen molar-refractivity contribution < 1.29 is 17.6 Å². The predicted molar refractivity (Wildman–Crippen MR) is 106 cm³/mol. The Labute approximate surface area is 169 Å². The Morgan fingerprint density at radius 2 is 1.96 bits per heavy atom. The van der Waals surface area contributed by atoms with Gasteiger partial charge in [-0.3, -0.25) is 4.79 Å². The Hall–Kier alpha value is -1.96. The van der Waals surface area contributed by atoms with E-state index in [4.69, 9.17) is 11.6 Å². The first-order valence-electron chi connectivity index (χ1n) is 9.02. The molecule has 5 nitrogen and oxygen atoms in total. The van der Waals surface area contributed by atoms with E-state index >= 15 is 0 Å². The van der Waals surface area contributed by atoms with Crippen LogP contribution in [0.3, 0.4) is 0 Å². The minimum Gasteiger partial charge on any atom is -0.341 e. The fourth-order valence-electron chi connectivity index (χ4n) is 3.42. The van der Waals surface area contributed by atoms with Gasteiger partial charge in [-0.05, 0) is 54.8 Å². The number of rotatable bonds is 5. The minimum atomic E-state index is -3.76. The lowest BCUT2D eigenvalue weighted by Gasteiger charge is -2.33. The second kappa shape index (κ2) is 8.59. The Balaban J connectivity index is 1.70. The SMILES string of the molecule is CN(Cc1cccc(Cl)c1)C(=O)C1CCCN(S(=O)(=O)c2ccc(F)cc2)C1. The number of nitrogens with zero attached hydrogens (tertiary/aromatic N) is 2. The molecule has 0 bridgehead atoms. The van der Waals surface area contributed by atoms with Crippen molar-refractivity contribution in [3.63, 3.8) is 0 Å². The Bertz CT molecular complexity index is 950. The number of piperidine rings is 1. The highest BCUT2D eigenvalue weighted by Gasteiger charge is 2.34. The molecule has 150 valence electrons. The van der Waals surface area contributed by atoms with Crippen LogP contribution in [0.25, 0.3) is 0 Å². The van der Waals surface area contributed by atoms with E-state index < -0.39 is 21.8 Å². The lowest BCUT2D eigenvalue weighted by molar-refractivity contribution is -0.135. The molecule has 0 aromatic heterocycles. The summed E-state index contributed by atoms with van der Waals surface area (Å²) in [4.78, 5) is 14.5. The van der Waals surface area contributed by atoms with Crippen LogP contribution in [0.1, 0.15) is 18.4 Å². The highest BCUT2D eigenvalue weighted by Crippen LogP contribution is 2.25. The highest BCUT2D eigenvalue weighted by molar-refractivity contribution is 7.89. The van der Waals surface area contributed by atoms with Gasteiger partial charge in [-0.1, -0.05) is 23.7 Å². The number of benzene rings is 2. The van der Waals surface area contributed by atoms with Crippen molar-refractivity contribution in [1.82, 2.24) is 9.21 Å². The maximum atomic E-state index is 13.1. The van der Waals surface area contributed by atoms with E-state index in [0.29, 0.717) is 31.0 Å². The monoisotopic (exact) mass is 424 g/mol. The second-order valence-electron chi connectivity index (χ2n) is 6.98. The van der Waals surface area contributed by atoms with Gasteiger partial charge in [-0.25, -0.2) is 12.8 Å². The lowest BCUT2D eigenvalue weighted by atomic mass is 9.98.